The number of benzene rings is 2. The number of hydroxylamine groups is 1. The fourth-order valence-electron chi connectivity index (χ4n) is 2.73. The molecule has 2 atom stereocenters. The van der Waals surface area contributed by atoms with Crippen molar-refractivity contribution in [1.82, 2.24) is 10.6 Å². The average molecular weight is 305 g/mol. The molecule has 3 rings (SSSR count). The van der Waals surface area contributed by atoms with Gasteiger partial charge in [0.05, 0.1) is 19.2 Å². The van der Waals surface area contributed by atoms with E-state index in [1.807, 2.05) is 42.5 Å². The van der Waals surface area contributed by atoms with Crippen molar-refractivity contribution in [2.24, 2.45) is 0 Å². The first kappa shape index (κ1) is 14.4. The fourth-order valence-corrected chi connectivity index (χ4v) is 2.86. The summed E-state index contributed by atoms with van der Waals surface area (Å²) >= 11 is 5.94. The third-order valence-electron chi connectivity index (χ3n) is 3.79. The second kappa shape index (κ2) is 6.03. The number of phenolic OH excluding ortho intramolecular Hbond substituents is 1. The lowest BCUT2D eigenvalue weighted by atomic mass is 9.97. The minimum Gasteiger partial charge on any atom is -0.508 e. The maximum Gasteiger partial charge on any atom is 0.120 e. The summed E-state index contributed by atoms with van der Waals surface area (Å²) in [5.41, 5.74) is 5.27. The molecule has 1 fully saturated rings. The predicted molar refractivity (Wildman–Crippen MR) is 81.6 cm³/mol. The number of hydrogen-bond acceptors (Lipinski definition) is 4. The standard InChI is InChI=1S/C16H17ClN2O2/c1-21-19-15(11-6-8-12(17)9-7-11)10-14(18-19)13-4-2-3-5-16(13)20/h2-9,14-15,18,20H,10H2,1H3. The number of hydrazine groups is 1. The molecule has 4 nitrogen and oxygen atoms in total. The number of para-hydroxylation sites is 1. The zero-order valence-corrected chi connectivity index (χ0v) is 12.4. The summed E-state index contributed by atoms with van der Waals surface area (Å²) in [6.07, 6.45) is 0.799. The van der Waals surface area contributed by atoms with Gasteiger partial charge in [-0.1, -0.05) is 41.9 Å². The average Bonchev–Trinajstić information content (AvgIpc) is 2.92. The smallest absolute Gasteiger partial charge is 0.120 e. The van der Waals surface area contributed by atoms with Crippen molar-refractivity contribution >= 4 is 11.6 Å². The first-order valence-corrected chi connectivity index (χ1v) is 7.19. The quantitative estimate of drug-likeness (QED) is 0.909. The zero-order chi connectivity index (χ0) is 14.8. The number of nitrogens with one attached hydrogen (secondary N) is 1. The van der Waals surface area contributed by atoms with Crippen LogP contribution in [0.5, 0.6) is 5.75 Å². The van der Waals surface area contributed by atoms with Crippen LogP contribution in [0.2, 0.25) is 5.02 Å². The van der Waals surface area contributed by atoms with Gasteiger partial charge >= 0.3 is 0 Å². The minimum absolute atomic E-state index is 0.00632. The third kappa shape index (κ3) is 2.89. The van der Waals surface area contributed by atoms with E-state index in [4.69, 9.17) is 16.4 Å². The first-order valence-electron chi connectivity index (χ1n) is 6.82. The van der Waals surface area contributed by atoms with Crippen LogP contribution in [0.25, 0.3) is 0 Å². The van der Waals surface area contributed by atoms with E-state index in [9.17, 15) is 5.11 Å². The van der Waals surface area contributed by atoms with Crippen molar-refractivity contribution in [3.05, 3.63) is 64.7 Å². The van der Waals surface area contributed by atoms with Gasteiger partial charge in [-0.05, 0) is 30.2 Å². The lowest BCUT2D eigenvalue weighted by Crippen LogP contribution is -2.32. The van der Waals surface area contributed by atoms with E-state index in [0.717, 1.165) is 17.5 Å². The van der Waals surface area contributed by atoms with Crippen LogP contribution in [0.1, 0.15) is 29.6 Å². The molecule has 1 aliphatic rings. The maximum atomic E-state index is 10.0. The molecule has 0 spiro atoms. The van der Waals surface area contributed by atoms with Gasteiger partial charge in [0.15, 0.2) is 0 Å². The molecule has 0 aromatic heterocycles. The van der Waals surface area contributed by atoms with E-state index in [-0.39, 0.29) is 12.1 Å². The van der Waals surface area contributed by atoms with Gasteiger partial charge in [0, 0.05) is 10.6 Å². The molecule has 1 heterocycles. The van der Waals surface area contributed by atoms with Crippen molar-refractivity contribution < 1.29 is 9.94 Å². The molecule has 2 unspecified atom stereocenters. The number of aromatic hydroxyl groups is 1. The lowest BCUT2D eigenvalue weighted by Gasteiger charge is -2.21. The molecule has 0 saturated carbocycles. The summed E-state index contributed by atoms with van der Waals surface area (Å²) in [6, 6.07) is 15.2. The Bertz CT molecular complexity index is 618. The third-order valence-corrected chi connectivity index (χ3v) is 4.04. The largest absolute Gasteiger partial charge is 0.508 e. The van der Waals surface area contributed by atoms with Crippen molar-refractivity contribution in [3.63, 3.8) is 0 Å². The Kier molecular flexibility index (Phi) is 4.12. The Labute approximate surface area is 128 Å². The minimum atomic E-state index is 0.00632. The van der Waals surface area contributed by atoms with E-state index in [0.29, 0.717) is 10.8 Å². The molecule has 21 heavy (non-hydrogen) atoms. The van der Waals surface area contributed by atoms with E-state index in [2.05, 4.69) is 5.43 Å². The molecule has 2 N–H and O–H groups in total. The van der Waals surface area contributed by atoms with Crippen molar-refractivity contribution in [2.75, 3.05) is 7.11 Å². The molecule has 2 aromatic rings. The second-order valence-corrected chi connectivity index (χ2v) is 5.49. The van der Waals surface area contributed by atoms with Crippen LogP contribution in [0.4, 0.5) is 0 Å². The molecule has 110 valence electrons. The Hall–Kier alpha value is -1.59. The summed E-state index contributed by atoms with van der Waals surface area (Å²) < 4.78 is 0. The van der Waals surface area contributed by atoms with Crippen molar-refractivity contribution in [1.29, 1.82) is 0 Å². The molecule has 0 bridgehead atoms. The molecule has 2 aromatic carbocycles. The van der Waals surface area contributed by atoms with Gasteiger partial charge in [0.1, 0.15) is 5.75 Å². The first-order chi connectivity index (χ1) is 10.2. The van der Waals surface area contributed by atoms with Crippen LogP contribution >= 0.6 is 11.6 Å². The predicted octanol–water partition coefficient (Wildman–Crippen LogP) is 3.60. The maximum absolute atomic E-state index is 10.0. The summed E-state index contributed by atoms with van der Waals surface area (Å²) in [6.45, 7) is 0. The van der Waals surface area contributed by atoms with Crippen molar-refractivity contribution in [2.45, 2.75) is 18.5 Å². The van der Waals surface area contributed by atoms with Gasteiger partial charge < -0.3 is 5.11 Å². The lowest BCUT2D eigenvalue weighted by molar-refractivity contribution is -0.181. The summed E-state index contributed by atoms with van der Waals surface area (Å²) in [5, 5.41) is 12.4. The van der Waals surface area contributed by atoms with Crippen molar-refractivity contribution in [3.8, 4) is 5.75 Å². The number of halogens is 1. The van der Waals surface area contributed by atoms with Crippen LogP contribution in [0, 0.1) is 0 Å². The molecule has 0 amide bonds. The van der Waals surface area contributed by atoms with Gasteiger partial charge in [0.2, 0.25) is 0 Å². The highest BCUT2D eigenvalue weighted by Gasteiger charge is 2.35. The monoisotopic (exact) mass is 304 g/mol. The molecular weight excluding hydrogens is 288 g/mol. The van der Waals surface area contributed by atoms with E-state index in [1.54, 1.807) is 18.3 Å². The highest BCUT2D eigenvalue weighted by Crippen LogP contribution is 2.39. The SMILES string of the molecule is CON1NC(c2ccccc2O)CC1c1ccc(Cl)cc1. The molecule has 1 aliphatic heterocycles. The summed E-state index contributed by atoms with van der Waals surface area (Å²) in [5.74, 6) is 0.294. The number of rotatable bonds is 3. The normalized spacial score (nSPS) is 22.6. The van der Waals surface area contributed by atoms with Gasteiger partial charge in [-0.15, -0.1) is 5.17 Å². The van der Waals surface area contributed by atoms with Gasteiger partial charge in [-0.2, -0.15) is 0 Å². The Morgan fingerprint density at radius 3 is 2.57 bits per heavy atom. The molecule has 0 radical (unpaired) electrons. The second-order valence-electron chi connectivity index (χ2n) is 5.05. The van der Waals surface area contributed by atoms with Gasteiger partial charge in [0.25, 0.3) is 0 Å². The summed E-state index contributed by atoms with van der Waals surface area (Å²) in [4.78, 5) is 5.41. The topological polar surface area (TPSA) is 44.7 Å². The Morgan fingerprint density at radius 1 is 1.19 bits per heavy atom. The number of phenols is 1. The fraction of sp³-hybridized carbons (Fsp3) is 0.250. The highest BCUT2D eigenvalue weighted by atomic mass is 35.5. The van der Waals surface area contributed by atoms with Crippen LogP contribution in [0.3, 0.4) is 0 Å². The van der Waals surface area contributed by atoms with E-state index >= 15 is 0 Å². The van der Waals surface area contributed by atoms with Crippen LogP contribution < -0.4 is 5.43 Å². The van der Waals surface area contributed by atoms with E-state index in [1.165, 1.54) is 0 Å². The molecular formula is C16H17ClN2O2. The Balaban J connectivity index is 1.86. The van der Waals surface area contributed by atoms with Crippen LogP contribution in [-0.2, 0) is 4.84 Å². The molecule has 0 aliphatic carbocycles. The number of nitrogens with zero attached hydrogens (tertiary/aromatic N) is 1. The zero-order valence-electron chi connectivity index (χ0n) is 11.7. The van der Waals surface area contributed by atoms with Gasteiger partial charge in [-0.3, -0.25) is 4.84 Å². The van der Waals surface area contributed by atoms with E-state index < -0.39 is 0 Å². The van der Waals surface area contributed by atoms with Gasteiger partial charge in [-0.25, -0.2) is 5.43 Å². The Morgan fingerprint density at radius 2 is 1.90 bits per heavy atom. The van der Waals surface area contributed by atoms with Crippen LogP contribution in [0.15, 0.2) is 48.5 Å². The molecule has 1 saturated heterocycles. The highest BCUT2D eigenvalue weighted by molar-refractivity contribution is 6.30. The summed E-state index contributed by atoms with van der Waals surface area (Å²) in [7, 11) is 1.63. The molecule has 5 heteroatoms. The van der Waals surface area contributed by atoms with Crippen LogP contribution in [-0.4, -0.2) is 17.4 Å². The number of hydrogen-bond donors (Lipinski definition) is 2.